The minimum absolute atomic E-state index is 0.163. The molecule has 140 valence electrons. The fourth-order valence-electron chi connectivity index (χ4n) is 2.82. The van der Waals surface area contributed by atoms with Gasteiger partial charge in [0.05, 0.1) is 6.04 Å². The van der Waals surface area contributed by atoms with E-state index < -0.39 is 5.63 Å². The first kappa shape index (κ1) is 18.6. The van der Waals surface area contributed by atoms with Crippen molar-refractivity contribution in [1.29, 1.82) is 0 Å². The highest BCUT2D eigenvalue weighted by Crippen LogP contribution is 2.23. The van der Waals surface area contributed by atoms with Crippen molar-refractivity contribution in [2.75, 3.05) is 13.7 Å². The first-order valence-electron chi connectivity index (χ1n) is 8.53. The Labute approximate surface area is 156 Å². The molecule has 2 aromatic carbocycles. The molecule has 0 spiro atoms. The van der Waals surface area contributed by atoms with Crippen LogP contribution in [-0.4, -0.2) is 24.5 Å². The topological polar surface area (TPSA) is 59.8 Å². The number of carbonyl (C=O) groups excluding carboxylic acids is 1. The molecule has 0 fully saturated rings. The lowest BCUT2D eigenvalue weighted by molar-refractivity contribution is -0.134. The van der Waals surface area contributed by atoms with Crippen molar-refractivity contribution in [3.8, 4) is 5.75 Å². The largest absolute Gasteiger partial charge is 0.484 e. The number of carbonyl (C=O) groups is 1. The van der Waals surface area contributed by atoms with Gasteiger partial charge in [0, 0.05) is 24.6 Å². The summed E-state index contributed by atoms with van der Waals surface area (Å²) >= 11 is 0. The molecule has 0 bridgehead atoms. The third-order valence-corrected chi connectivity index (χ3v) is 4.61. The van der Waals surface area contributed by atoms with E-state index in [0.29, 0.717) is 11.3 Å². The van der Waals surface area contributed by atoms with Crippen LogP contribution in [0.3, 0.4) is 0 Å². The molecule has 1 atom stereocenters. The van der Waals surface area contributed by atoms with Gasteiger partial charge in [-0.05, 0) is 49.2 Å². The van der Waals surface area contributed by atoms with Crippen molar-refractivity contribution in [3.63, 3.8) is 0 Å². The van der Waals surface area contributed by atoms with Gasteiger partial charge in [0.15, 0.2) is 6.61 Å². The molecule has 1 unspecified atom stereocenters. The lowest BCUT2D eigenvalue weighted by Gasteiger charge is -2.25. The first-order chi connectivity index (χ1) is 12.8. The van der Waals surface area contributed by atoms with Crippen LogP contribution >= 0.6 is 0 Å². The number of fused-ring (bicyclic) bond motifs is 1. The summed E-state index contributed by atoms with van der Waals surface area (Å²) in [4.78, 5) is 25.5. The zero-order valence-electron chi connectivity index (χ0n) is 15.4. The zero-order valence-corrected chi connectivity index (χ0v) is 15.4. The Bertz CT molecular complexity index is 1030. The molecule has 0 aliphatic carbocycles. The molecule has 6 heteroatoms. The Morgan fingerprint density at radius 2 is 1.89 bits per heavy atom. The van der Waals surface area contributed by atoms with Gasteiger partial charge in [-0.2, -0.15) is 0 Å². The standard InChI is InChI=1S/C21H20FNO4/c1-13-10-21(25)27-19-11-17(8-9-18(13)19)26-12-20(24)23(3)14(2)15-4-6-16(22)7-5-15/h4-11,14H,12H2,1-3H3. The number of benzene rings is 2. The molecule has 0 radical (unpaired) electrons. The van der Waals surface area contributed by atoms with Crippen molar-refractivity contribution >= 4 is 16.9 Å². The normalized spacial score (nSPS) is 12.0. The molecule has 5 nitrogen and oxygen atoms in total. The molecule has 1 heterocycles. The molecule has 3 rings (SSSR count). The fraction of sp³-hybridized carbons (Fsp3) is 0.238. The Morgan fingerprint density at radius 3 is 2.59 bits per heavy atom. The maximum Gasteiger partial charge on any atom is 0.336 e. The van der Waals surface area contributed by atoms with Gasteiger partial charge in [0.1, 0.15) is 17.1 Å². The third kappa shape index (κ3) is 4.16. The average Bonchev–Trinajstić information content (AvgIpc) is 2.65. The van der Waals surface area contributed by atoms with E-state index in [1.165, 1.54) is 18.2 Å². The van der Waals surface area contributed by atoms with E-state index in [9.17, 15) is 14.0 Å². The van der Waals surface area contributed by atoms with Gasteiger partial charge < -0.3 is 14.1 Å². The van der Waals surface area contributed by atoms with Crippen molar-refractivity contribution in [2.45, 2.75) is 19.9 Å². The minimum atomic E-state index is -0.430. The van der Waals surface area contributed by atoms with Gasteiger partial charge in [0.25, 0.3) is 5.91 Å². The summed E-state index contributed by atoms with van der Waals surface area (Å²) in [5, 5.41) is 0.815. The second kappa shape index (κ2) is 7.61. The van der Waals surface area contributed by atoms with Gasteiger partial charge in [-0.15, -0.1) is 0 Å². The second-order valence-corrected chi connectivity index (χ2v) is 6.43. The number of likely N-dealkylation sites (N-methyl/N-ethyl adjacent to an activating group) is 1. The second-order valence-electron chi connectivity index (χ2n) is 6.43. The maximum absolute atomic E-state index is 13.1. The quantitative estimate of drug-likeness (QED) is 0.641. The first-order valence-corrected chi connectivity index (χ1v) is 8.53. The van der Waals surface area contributed by atoms with Crippen LogP contribution in [0.1, 0.15) is 24.1 Å². The van der Waals surface area contributed by atoms with E-state index >= 15 is 0 Å². The van der Waals surface area contributed by atoms with Crippen LogP contribution in [0.5, 0.6) is 5.75 Å². The number of halogens is 1. The third-order valence-electron chi connectivity index (χ3n) is 4.61. The van der Waals surface area contributed by atoms with E-state index in [0.717, 1.165) is 16.5 Å². The number of hydrogen-bond donors (Lipinski definition) is 0. The van der Waals surface area contributed by atoms with Gasteiger partial charge in [-0.1, -0.05) is 12.1 Å². The molecular weight excluding hydrogens is 349 g/mol. The summed E-state index contributed by atoms with van der Waals surface area (Å²) in [6, 6.07) is 12.4. The summed E-state index contributed by atoms with van der Waals surface area (Å²) in [6.45, 7) is 3.53. The van der Waals surface area contributed by atoms with E-state index in [2.05, 4.69) is 0 Å². The van der Waals surface area contributed by atoms with Crippen molar-refractivity contribution in [3.05, 3.63) is 75.9 Å². The number of ether oxygens (including phenoxy) is 1. The smallest absolute Gasteiger partial charge is 0.336 e. The van der Waals surface area contributed by atoms with Crippen molar-refractivity contribution in [1.82, 2.24) is 4.90 Å². The summed E-state index contributed by atoms with van der Waals surface area (Å²) < 4.78 is 23.8. The van der Waals surface area contributed by atoms with Crippen LogP contribution in [0, 0.1) is 12.7 Å². The average molecular weight is 369 g/mol. The summed E-state index contributed by atoms with van der Waals surface area (Å²) in [7, 11) is 1.67. The van der Waals surface area contributed by atoms with Crippen LogP contribution in [0.4, 0.5) is 4.39 Å². The molecule has 0 aliphatic heterocycles. The molecule has 27 heavy (non-hydrogen) atoms. The van der Waals surface area contributed by atoms with Crippen molar-refractivity contribution < 1.29 is 18.3 Å². The number of aryl methyl sites for hydroxylation is 1. The highest BCUT2D eigenvalue weighted by molar-refractivity contribution is 5.81. The van der Waals surface area contributed by atoms with Crippen LogP contribution in [0.15, 0.2) is 57.7 Å². The Balaban J connectivity index is 1.68. The summed E-state index contributed by atoms with van der Waals surface area (Å²) in [5.74, 6) is -0.105. The molecule has 0 aliphatic rings. The van der Waals surface area contributed by atoms with Crippen LogP contribution in [0.2, 0.25) is 0 Å². The Morgan fingerprint density at radius 1 is 1.19 bits per heavy atom. The van der Waals surface area contributed by atoms with Crippen LogP contribution in [-0.2, 0) is 4.79 Å². The highest BCUT2D eigenvalue weighted by atomic mass is 19.1. The summed E-state index contributed by atoms with van der Waals surface area (Å²) in [5.41, 5.74) is 1.63. The Hall–Kier alpha value is -3.15. The molecule has 1 amide bonds. The van der Waals surface area contributed by atoms with Gasteiger partial charge in [-0.25, -0.2) is 9.18 Å². The fourth-order valence-corrected chi connectivity index (χ4v) is 2.82. The van der Waals surface area contributed by atoms with Gasteiger partial charge in [-0.3, -0.25) is 4.79 Å². The predicted octanol–water partition coefficient (Wildman–Crippen LogP) is 3.84. The van der Waals surface area contributed by atoms with Crippen LogP contribution < -0.4 is 10.4 Å². The molecule has 0 N–H and O–H groups in total. The molecule has 0 saturated carbocycles. The minimum Gasteiger partial charge on any atom is -0.484 e. The van der Waals surface area contributed by atoms with Crippen LogP contribution in [0.25, 0.3) is 11.0 Å². The Kier molecular flexibility index (Phi) is 5.26. The number of amides is 1. The molecule has 3 aromatic rings. The van der Waals surface area contributed by atoms with E-state index in [1.807, 2.05) is 13.8 Å². The zero-order chi connectivity index (χ0) is 19.6. The number of hydrogen-bond acceptors (Lipinski definition) is 4. The molecule has 1 aromatic heterocycles. The molecular formula is C21H20FNO4. The summed E-state index contributed by atoms with van der Waals surface area (Å²) in [6.07, 6.45) is 0. The molecule has 0 saturated heterocycles. The number of nitrogens with zero attached hydrogens (tertiary/aromatic N) is 1. The number of rotatable bonds is 5. The van der Waals surface area contributed by atoms with Crippen molar-refractivity contribution in [2.24, 2.45) is 0 Å². The van der Waals surface area contributed by atoms with E-state index in [4.69, 9.17) is 9.15 Å². The van der Waals surface area contributed by atoms with E-state index in [1.54, 1.807) is 42.3 Å². The monoisotopic (exact) mass is 369 g/mol. The predicted molar refractivity (Wildman–Crippen MR) is 100 cm³/mol. The van der Waals surface area contributed by atoms with Gasteiger partial charge >= 0.3 is 5.63 Å². The van der Waals surface area contributed by atoms with Gasteiger partial charge in [0.2, 0.25) is 0 Å². The highest BCUT2D eigenvalue weighted by Gasteiger charge is 2.18. The maximum atomic E-state index is 13.1. The van der Waals surface area contributed by atoms with E-state index in [-0.39, 0.29) is 24.4 Å². The SMILES string of the molecule is Cc1cc(=O)oc2cc(OCC(=O)N(C)C(C)c3ccc(F)cc3)ccc12. The lowest BCUT2D eigenvalue weighted by Crippen LogP contribution is -2.33. The lowest BCUT2D eigenvalue weighted by atomic mass is 10.1.